The minimum absolute atomic E-state index is 0.0167. The summed E-state index contributed by atoms with van der Waals surface area (Å²) in [5.41, 5.74) is 0. The number of hydrogen-bond acceptors (Lipinski definition) is 7. The minimum Gasteiger partial charge on any atom is -0.356 e. The predicted octanol–water partition coefficient (Wildman–Crippen LogP) is -2.51. The molecule has 0 spiro atoms. The smallest absolute Gasteiger partial charge is 0.356 e. The molecule has 0 aliphatic carbocycles. The maximum Gasteiger partial charge on any atom is 0.891 e. The SMILES string of the molecule is CB1N[B]N([N+](=O)[O-])B([N+](=O)[O-])N1[N+](=O)[O-]. The van der Waals surface area contributed by atoms with E-state index in [1.807, 2.05) is 0 Å². The van der Waals surface area contributed by atoms with Gasteiger partial charge in [0, 0.05) is 0 Å². The maximum atomic E-state index is 10.6. The first-order chi connectivity index (χ1) is 7.36. The molecule has 0 unspecified atom stereocenters. The molecular formula is CH4B3N6O6. The summed E-state index contributed by atoms with van der Waals surface area (Å²) < 4.78 is 0. The third-order valence-corrected chi connectivity index (χ3v) is 1.88. The summed E-state index contributed by atoms with van der Waals surface area (Å²) in [5, 5.41) is 31.7. The van der Waals surface area contributed by atoms with Gasteiger partial charge in [0.2, 0.25) is 0 Å². The van der Waals surface area contributed by atoms with Crippen LogP contribution in [0.25, 0.3) is 0 Å². The Hall–Kier alpha value is -2.05. The minimum atomic E-state index is -2.18. The van der Waals surface area contributed by atoms with Crippen molar-refractivity contribution in [2.45, 2.75) is 6.82 Å². The van der Waals surface area contributed by atoms with Crippen LogP contribution in [-0.4, -0.2) is 46.2 Å². The van der Waals surface area contributed by atoms with Crippen LogP contribution in [0.3, 0.4) is 0 Å². The lowest BCUT2D eigenvalue weighted by atomic mass is 9.61. The molecule has 1 aliphatic rings. The molecule has 1 radical (unpaired) electrons. The van der Waals surface area contributed by atoms with Gasteiger partial charge in [-0.1, -0.05) is 0 Å². The van der Waals surface area contributed by atoms with Gasteiger partial charge in [-0.15, -0.1) is 9.66 Å². The van der Waals surface area contributed by atoms with E-state index in [1.54, 1.807) is 0 Å². The van der Waals surface area contributed by atoms with Gasteiger partial charge in [-0.2, -0.15) is 0 Å². The molecule has 1 rings (SSSR count). The van der Waals surface area contributed by atoms with Crippen molar-refractivity contribution in [3.63, 3.8) is 0 Å². The topological polar surface area (TPSA) is 148 Å². The Morgan fingerprint density at radius 2 is 1.75 bits per heavy atom. The molecule has 0 aromatic heterocycles. The van der Waals surface area contributed by atoms with E-state index >= 15 is 0 Å². The molecule has 0 amide bonds. The molecule has 1 heterocycles. The van der Waals surface area contributed by atoms with Crippen molar-refractivity contribution in [1.29, 1.82) is 0 Å². The van der Waals surface area contributed by atoms with Crippen LogP contribution in [0.2, 0.25) is 6.82 Å². The maximum absolute atomic E-state index is 10.6. The van der Waals surface area contributed by atoms with Gasteiger partial charge in [-0.05, 0) is 11.7 Å². The largest absolute Gasteiger partial charge is 0.891 e. The number of nitrogens with zero attached hydrogens (tertiary/aromatic N) is 5. The standard InChI is InChI=1S/CH4B3N6O6/c1-3-5-2-6(9(13)14)4(8(11)12)7(3)10(15)16/h5H,1H3. The van der Waals surface area contributed by atoms with Crippen molar-refractivity contribution < 1.29 is 14.9 Å². The highest BCUT2D eigenvalue weighted by Crippen LogP contribution is 2.08. The Morgan fingerprint density at radius 3 is 2.12 bits per heavy atom. The van der Waals surface area contributed by atoms with Crippen LogP contribution in [0.5, 0.6) is 0 Å². The molecule has 12 nitrogen and oxygen atoms in total. The molecule has 1 aliphatic heterocycles. The summed E-state index contributed by atoms with van der Waals surface area (Å²) in [4.78, 5) is 30.7. The molecule has 0 aromatic carbocycles. The van der Waals surface area contributed by atoms with E-state index in [4.69, 9.17) is 0 Å². The van der Waals surface area contributed by atoms with Crippen LogP contribution >= 0.6 is 0 Å². The summed E-state index contributed by atoms with van der Waals surface area (Å²) in [7, 11) is -1.46. The van der Waals surface area contributed by atoms with Crippen molar-refractivity contribution in [2.75, 3.05) is 0 Å². The molecule has 0 saturated carbocycles. The second kappa shape index (κ2) is 4.22. The van der Waals surface area contributed by atoms with E-state index in [0.29, 0.717) is 0 Å². The number of nitrogens with one attached hydrogen (secondary N) is 1. The van der Waals surface area contributed by atoms with Gasteiger partial charge in [0.15, 0.2) is 0 Å². The van der Waals surface area contributed by atoms with Crippen molar-refractivity contribution >= 4 is 21.6 Å². The first kappa shape index (κ1) is 12.0. The molecule has 1 fully saturated rings. The Balaban J connectivity index is 3.06. The van der Waals surface area contributed by atoms with Crippen LogP contribution in [0, 0.1) is 30.3 Å². The van der Waals surface area contributed by atoms with Crippen molar-refractivity contribution in [2.24, 2.45) is 0 Å². The highest BCUT2D eigenvalue weighted by molar-refractivity contribution is 6.76. The lowest BCUT2D eigenvalue weighted by Gasteiger charge is -2.25. The lowest BCUT2D eigenvalue weighted by molar-refractivity contribution is -0.648. The summed E-state index contributed by atoms with van der Waals surface area (Å²) in [6, 6.07) is 0. The first-order valence-corrected chi connectivity index (χ1v) is 3.94. The Labute approximate surface area is 89.5 Å². The average molecular weight is 229 g/mol. The van der Waals surface area contributed by atoms with Gasteiger partial charge in [0.25, 0.3) is 0 Å². The van der Waals surface area contributed by atoms with Crippen LogP contribution in [0.4, 0.5) is 0 Å². The number of rotatable bonds is 3. The van der Waals surface area contributed by atoms with Crippen LogP contribution in [-0.2, 0) is 0 Å². The van der Waals surface area contributed by atoms with E-state index in [-0.39, 0.29) is 9.66 Å². The second-order valence-electron chi connectivity index (χ2n) is 2.84. The van der Waals surface area contributed by atoms with Gasteiger partial charge in [-0.3, -0.25) is 10.1 Å². The van der Waals surface area contributed by atoms with E-state index in [1.165, 1.54) is 6.82 Å². The molecule has 16 heavy (non-hydrogen) atoms. The Bertz CT molecular complexity index is 336. The molecule has 1 saturated heterocycles. The summed E-state index contributed by atoms with van der Waals surface area (Å²) in [6.45, 7) is 0.245. The van der Waals surface area contributed by atoms with Gasteiger partial charge >= 0.3 is 21.6 Å². The van der Waals surface area contributed by atoms with E-state index in [0.717, 1.165) is 7.55 Å². The van der Waals surface area contributed by atoms with E-state index in [2.05, 4.69) is 5.14 Å². The Kier molecular flexibility index (Phi) is 3.17. The number of nitro groups is 3. The molecule has 0 bridgehead atoms. The fourth-order valence-electron chi connectivity index (χ4n) is 1.20. The first-order valence-electron chi connectivity index (χ1n) is 3.94. The highest BCUT2D eigenvalue weighted by atomic mass is 16.7. The van der Waals surface area contributed by atoms with Gasteiger partial charge in [-0.25, -0.2) is 20.2 Å². The van der Waals surface area contributed by atoms with Crippen molar-refractivity contribution in [1.82, 2.24) is 14.8 Å². The van der Waals surface area contributed by atoms with E-state index in [9.17, 15) is 30.3 Å². The molecule has 15 heteroatoms. The Morgan fingerprint density at radius 1 is 1.19 bits per heavy atom. The van der Waals surface area contributed by atoms with Crippen LogP contribution < -0.4 is 5.14 Å². The second-order valence-corrected chi connectivity index (χ2v) is 2.84. The average Bonchev–Trinajstić information content (AvgIpc) is 2.15. The zero-order chi connectivity index (χ0) is 12.5. The van der Waals surface area contributed by atoms with Gasteiger partial charge in [0.1, 0.15) is 10.1 Å². The normalized spacial score (nSPS) is 15.8. The van der Waals surface area contributed by atoms with E-state index < -0.39 is 29.0 Å². The summed E-state index contributed by atoms with van der Waals surface area (Å²) >= 11 is 0. The van der Waals surface area contributed by atoms with Crippen LogP contribution in [0.1, 0.15) is 0 Å². The lowest BCUT2D eigenvalue weighted by Crippen LogP contribution is -2.76. The highest BCUT2D eigenvalue weighted by Gasteiger charge is 2.66. The van der Waals surface area contributed by atoms with Crippen molar-refractivity contribution in [3.05, 3.63) is 30.3 Å². The monoisotopic (exact) mass is 229 g/mol. The molecule has 0 aromatic rings. The fraction of sp³-hybridized carbons (Fsp3) is 1.00. The summed E-state index contributed by atoms with van der Waals surface area (Å²) in [5.74, 6) is 0. The molecular weight excluding hydrogens is 224 g/mol. The zero-order valence-electron chi connectivity index (χ0n) is 7.92. The van der Waals surface area contributed by atoms with Gasteiger partial charge in [0.05, 0.1) is 0 Å². The van der Waals surface area contributed by atoms with Gasteiger partial charge < -0.3 is 5.14 Å². The third-order valence-electron chi connectivity index (χ3n) is 1.88. The zero-order valence-corrected chi connectivity index (χ0v) is 7.92. The molecule has 0 atom stereocenters. The molecule has 83 valence electrons. The summed E-state index contributed by atoms with van der Waals surface area (Å²) in [6.07, 6.45) is 0. The predicted molar refractivity (Wildman–Crippen MR) is 50.9 cm³/mol. The quantitative estimate of drug-likeness (QED) is 0.314. The fourth-order valence-corrected chi connectivity index (χ4v) is 1.20. The van der Waals surface area contributed by atoms with Crippen LogP contribution in [0.15, 0.2) is 0 Å². The van der Waals surface area contributed by atoms with Crippen molar-refractivity contribution in [3.8, 4) is 0 Å². The third kappa shape index (κ3) is 1.97. The molecule has 1 N–H and O–H groups in total. The number of hydrazine groups is 2. The number of hydrogen-bond donors (Lipinski definition) is 1.